The van der Waals surface area contributed by atoms with Crippen molar-refractivity contribution in [3.8, 4) is 11.8 Å². The summed E-state index contributed by atoms with van der Waals surface area (Å²) >= 11 is 0. The summed E-state index contributed by atoms with van der Waals surface area (Å²) in [6.45, 7) is 4.24. The third-order valence-corrected chi connectivity index (χ3v) is 4.47. The molecule has 6 nitrogen and oxygen atoms in total. The number of carbonyl (C=O) groups is 1. The van der Waals surface area contributed by atoms with Crippen LogP contribution >= 0.6 is 0 Å². The molecule has 1 aliphatic rings. The first-order chi connectivity index (χ1) is 11.0. The van der Waals surface area contributed by atoms with E-state index in [0.29, 0.717) is 23.4 Å². The minimum Gasteiger partial charge on any atom is -0.496 e. The molecular weight excluding hydrogens is 292 g/mol. The molecule has 0 saturated carbocycles. The molecule has 23 heavy (non-hydrogen) atoms. The summed E-state index contributed by atoms with van der Waals surface area (Å²) in [5.41, 5.74) is 4.04. The van der Waals surface area contributed by atoms with Crippen LogP contribution in [0, 0.1) is 25.2 Å². The van der Waals surface area contributed by atoms with Gasteiger partial charge in [-0.25, -0.2) is 0 Å². The van der Waals surface area contributed by atoms with Crippen LogP contribution in [0.25, 0.3) is 0 Å². The van der Waals surface area contributed by atoms with E-state index in [-0.39, 0.29) is 5.91 Å². The number of carbonyl (C=O) groups excluding carboxylic acids is 1. The van der Waals surface area contributed by atoms with E-state index in [9.17, 15) is 10.1 Å². The number of amides is 1. The molecule has 0 fully saturated rings. The second-order valence-corrected chi connectivity index (χ2v) is 5.66. The molecule has 0 bridgehead atoms. The number of hydrogen-bond acceptors (Lipinski definition) is 4. The van der Waals surface area contributed by atoms with Crippen molar-refractivity contribution in [2.75, 3.05) is 7.11 Å². The molecule has 6 heteroatoms. The minimum absolute atomic E-state index is 0.174. The molecule has 2 heterocycles. The Labute approximate surface area is 134 Å². The summed E-state index contributed by atoms with van der Waals surface area (Å²) in [4.78, 5) is 14.4. The second kappa shape index (κ2) is 5.43. The molecule has 1 amide bonds. The Balaban J connectivity index is 2.05. The Morgan fingerprint density at radius 2 is 2.13 bits per heavy atom. The van der Waals surface area contributed by atoms with E-state index in [2.05, 4.69) is 11.2 Å². The highest BCUT2D eigenvalue weighted by Crippen LogP contribution is 2.39. The van der Waals surface area contributed by atoms with Crippen molar-refractivity contribution in [1.82, 2.24) is 14.7 Å². The van der Waals surface area contributed by atoms with Crippen molar-refractivity contribution in [3.63, 3.8) is 0 Å². The minimum atomic E-state index is -0.605. The van der Waals surface area contributed by atoms with Crippen molar-refractivity contribution < 1.29 is 9.53 Å². The van der Waals surface area contributed by atoms with Gasteiger partial charge in [-0.2, -0.15) is 10.4 Å². The van der Waals surface area contributed by atoms with E-state index in [1.54, 1.807) is 21.7 Å². The summed E-state index contributed by atoms with van der Waals surface area (Å²) in [6.07, 6.45) is 0. The molecule has 1 aromatic heterocycles. The number of ether oxygens (including phenoxy) is 1. The first-order valence-corrected chi connectivity index (χ1v) is 7.36. The van der Waals surface area contributed by atoms with E-state index in [4.69, 9.17) is 4.74 Å². The molecule has 0 saturated heterocycles. The molecule has 1 aliphatic heterocycles. The second-order valence-electron chi connectivity index (χ2n) is 5.66. The third kappa shape index (κ3) is 2.16. The molecule has 0 radical (unpaired) electrons. The first kappa shape index (κ1) is 15.1. The van der Waals surface area contributed by atoms with Crippen LogP contribution in [0.5, 0.6) is 5.75 Å². The van der Waals surface area contributed by atoms with E-state index >= 15 is 0 Å². The van der Waals surface area contributed by atoms with Crippen molar-refractivity contribution in [1.29, 1.82) is 5.26 Å². The van der Waals surface area contributed by atoms with E-state index in [0.717, 1.165) is 17.0 Å². The Morgan fingerprint density at radius 1 is 1.39 bits per heavy atom. The van der Waals surface area contributed by atoms with E-state index < -0.39 is 6.04 Å². The lowest BCUT2D eigenvalue weighted by molar-refractivity contribution is 0.0741. The summed E-state index contributed by atoms with van der Waals surface area (Å²) in [5, 5.41) is 14.0. The number of nitrogens with zero attached hydrogens (tertiary/aromatic N) is 4. The van der Waals surface area contributed by atoms with Gasteiger partial charge in [0.05, 0.1) is 31.0 Å². The molecular formula is C17H18N4O2. The highest BCUT2D eigenvalue weighted by molar-refractivity contribution is 6.02. The van der Waals surface area contributed by atoms with Crippen molar-refractivity contribution in [3.05, 3.63) is 46.3 Å². The number of aromatic nitrogens is 2. The van der Waals surface area contributed by atoms with Crippen LogP contribution in [-0.4, -0.2) is 27.7 Å². The molecule has 0 aliphatic carbocycles. The van der Waals surface area contributed by atoms with Gasteiger partial charge in [0.2, 0.25) is 0 Å². The fraction of sp³-hybridized carbons (Fsp3) is 0.353. The Kier molecular flexibility index (Phi) is 3.57. The molecule has 1 aromatic carbocycles. The van der Waals surface area contributed by atoms with Crippen molar-refractivity contribution in [2.24, 2.45) is 7.05 Å². The lowest BCUT2D eigenvalue weighted by atomic mass is 10.0. The average molecular weight is 310 g/mol. The summed E-state index contributed by atoms with van der Waals surface area (Å²) in [7, 11) is 3.40. The van der Waals surface area contributed by atoms with E-state index in [1.807, 2.05) is 27.0 Å². The molecule has 1 atom stereocenters. The third-order valence-electron chi connectivity index (χ3n) is 4.47. The molecule has 3 rings (SSSR count). The van der Waals surface area contributed by atoms with Crippen LogP contribution < -0.4 is 4.74 Å². The Hall–Kier alpha value is -2.81. The molecule has 0 spiro atoms. The van der Waals surface area contributed by atoms with Crippen LogP contribution in [0.15, 0.2) is 18.2 Å². The first-order valence-electron chi connectivity index (χ1n) is 7.36. The molecule has 0 N–H and O–H groups in total. The van der Waals surface area contributed by atoms with Crippen LogP contribution in [-0.2, 0) is 13.6 Å². The summed E-state index contributed by atoms with van der Waals surface area (Å²) < 4.78 is 7.09. The average Bonchev–Trinajstić information content (AvgIpc) is 2.95. The quantitative estimate of drug-likeness (QED) is 0.872. The van der Waals surface area contributed by atoms with Gasteiger partial charge in [-0.15, -0.1) is 0 Å². The highest BCUT2D eigenvalue weighted by atomic mass is 16.5. The van der Waals surface area contributed by atoms with Crippen LogP contribution in [0.2, 0.25) is 0 Å². The van der Waals surface area contributed by atoms with Crippen LogP contribution in [0.4, 0.5) is 0 Å². The highest BCUT2D eigenvalue weighted by Gasteiger charge is 2.39. The van der Waals surface area contributed by atoms with Crippen molar-refractivity contribution >= 4 is 5.91 Å². The van der Waals surface area contributed by atoms with Gasteiger partial charge in [0.15, 0.2) is 0 Å². The fourth-order valence-corrected chi connectivity index (χ4v) is 3.12. The van der Waals surface area contributed by atoms with Gasteiger partial charge in [-0.3, -0.25) is 9.48 Å². The maximum atomic E-state index is 12.8. The van der Waals surface area contributed by atoms with Gasteiger partial charge in [-0.05, 0) is 19.9 Å². The van der Waals surface area contributed by atoms with E-state index in [1.165, 1.54) is 7.11 Å². The number of nitriles is 1. The van der Waals surface area contributed by atoms with Crippen LogP contribution in [0.1, 0.15) is 38.9 Å². The molecule has 118 valence electrons. The topological polar surface area (TPSA) is 71.2 Å². The maximum Gasteiger partial charge on any atom is 0.259 e. The van der Waals surface area contributed by atoms with Gasteiger partial charge in [0.1, 0.15) is 11.8 Å². The van der Waals surface area contributed by atoms with Gasteiger partial charge < -0.3 is 9.64 Å². The van der Waals surface area contributed by atoms with Crippen LogP contribution in [0.3, 0.4) is 0 Å². The maximum absolute atomic E-state index is 12.8. The Bertz CT molecular complexity index is 832. The number of methoxy groups -OCH3 is 1. The predicted molar refractivity (Wildman–Crippen MR) is 83.9 cm³/mol. The zero-order chi connectivity index (χ0) is 16.7. The summed E-state index contributed by atoms with van der Waals surface area (Å²) in [6, 6.07) is 7.00. The summed E-state index contributed by atoms with van der Waals surface area (Å²) in [5.74, 6) is 0.335. The lowest BCUT2D eigenvalue weighted by Gasteiger charge is -2.20. The predicted octanol–water partition coefficient (Wildman–Crippen LogP) is 2.27. The molecule has 1 unspecified atom stereocenters. The number of benzene rings is 1. The lowest BCUT2D eigenvalue weighted by Crippen LogP contribution is -2.27. The smallest absolute Gasteiger partial charge is 0.259 e. The van der Waals surface area contributed by atoms with Gasteiger partial charge in [0.25, 0.3) is 5.91 Å². The standard InChI is InChI=1S/C17H18N4O2/c1-10-13(11(2)20(3)19-10)9-21-14(8-18)12-6-5-7-15(23-4)16(12)17(21)22/h5-7,14H,9H2,1-4H3. The molecule has 2 aromatic rings. The monoisotopic (exact) mass is 310 g/mol. The van der Waals surface area contributed by atoms with Gasteiger partial charge >= 0.3 is 0 Å². The zero-order valence-electron chi connectivity index (χ0n) is 13.6. The SMILES string of the molecule is COc1cccc2c1C(=O)N(Cc1c(C)nn(C)c1C)C2C#N. The zero-order valence-corrected chi connectivity index (χ0v) is 13.6. The Morgan fingerprint density at radius 3 is 2.70 bits per heavy atom. The van der Waals surface area contributed by atoms with Gasteiger partial charge in [0, 0.05) is 23.9 Å². The van der Waals surface area contributed by atoms with Crippen molar-refractivity contribution in [2.45, 2.75) is 26.4 Å². The largest absolute Gasteiger partial charge is 0.496 e. The number of aryl methyl sites for hydroxylation is 2. The number of rotatable bonds is 3. The number of hydrogen-bond donors (Lipinski definition) is 0. The number of fused-ring (bicyclic) bond motifs is 1. The normalized spacial score (nSPS) is 16.4. The fourth-order valence-electron chi connectivity index (χ4n) is 3.12. The van der Waals surface area contributed by atoms with Gasteiger partial charge in [-0.1, -0.05) is 12.1 Å².